The second kappa shape index (κ2) is 12.0. The predicted octanol–water partition coefficient (Wildman–Crippen LogP) is 12.0. The summed E-state index contributed by atoms with van der Waals surface area (Å²) < 4.78 is 6.76. The first-order valence-electron chi connectivity index (χ1n) is 17.4. The largest absolute Gasteiger partial charge is 0.460 e. The fourth-order valence-corrected chi connectivity index (χ4v) is 7.40. The van der Waals surface area contributed by atoms with Crippen molar-refractivity contribution in [1.29, 1.82) is 0 Å². The quantitative estimate of drug-likeness (QED) is 0.185. The van der Waals surface area contributed by atoms with E-state index in [0.29, 0.717) is 17.5 Å². The first kappa shape index (κ1) is 29.3. The van der Waals surface area contributed by atoms with Crippen LogP contribution in [0.4, 0.5) is 0 Å². The Morgan fingerprint density at radius 1 is 0.431 bits per heavy atom. The van der Waals surface area contributed by atoms with Crippen molar-refractivity contribution in [3.05, 3.63) is 181 Å². The maximum Gasteiger partial charge on any atom is 0.164 e. The van der Waals surface area contributed by atoms with E-state index in [0.717, 1.165) is 73.7 Å². The highest BCUT2D eigenvalue weighted by molar-refractivity contribution is 6.03. The molecule has 0 atom stereocenters. The molecule has 7 aromatic carbocycles. The average molecular weight is 654 g/mol. The van der Waals surface area contributed by atoms with Crippen LogP contribution in [-0.4, -0.2) is 15.0 Å². The third-order valence-corrected chi connectivity index (χ3v) is 9.97. The van der Waals surface area contributed by atoms with Gasteiger partial charge in [-0.1, -0.05) is 152 Å². The summed E-state index contributed by atoms with van der Waals surface area (Å²) in [6, 6.07) is 55.3. The molecule has 0 saturated heterocycles. The van der Waals surface area contributed by atoms with Crippen LogP contribution in [-0.2, 0) is 6.42 Å². The summed E-state index contributed by atoms with van der Waals surface area (Å²) in [6.07, 6.45) is 3.92. The standard InChI is InChI=1S/C47H31N3O/c1-2-10-30(11-3-1)33-20-24-34(25-21-33)39-16-8-17-40-43-41(18-9-19-42(43)51-44(39)40)47-49-45(37-26-22-31-12-4-6-14-35(31)28-37)48-46(50-47)38-27-23-32-13-5-7-15-36(32)29-38/h1-8,10-18,20-29H,9,19H2. The lowest BCUT2D eigenvalue weighted by atomic mass is 9.92. The van der Waals surface area contributed by atoms with Crippen LogP contribution in [0.1, 0.15) is 23.6 Å². The molecule has 2 aromatic heterocycles. The van der Waals surface area contributed by atoms with Crippen LogP contribution in [0.3, 0.4) is 0 Å². The number of aromatic nitrogens is 3. The van der Waals surface area contributed by atoms with Crippen LogP contribution in [0.2, 0.25) is 0 Å². The van der Waals surface area contributed by atoms with E-state index >= 15 is 0 Å². The first-order valence-corrected chi connectivity index (χ1v) is 17.4. The smallest absolute Gasteiger partial charge is 0.164 e. The minimum Gasteiger partial charge on any atom is -0.460 e. The summed E-state index contributed by atoms with van der Waals surface area (Å²) in [5.41, 5.74) is 9.44. The average Bonchev–Trinajstić information content (AvgIpc) is 3.60. The molecule has 0 radical (unpaired) electrons. The van der Waals surface area contributed by atoms with Gasteiger partial charge in [-0.05, 0) is 56.8 Å². The van der Waals surface area contributed by atoms with Crippen molar-refractivity contribution in [1.82, 2.24) is 15.0 Å². The molecular formula is C47H31N3O. The Morgan fingerprint density at radius 3 is 1.65 bits per heavy atom. The molecule has 0 bridgehead atoms. The van der Waals surface area contributed by atoms with Crippen LogP contribution in [0.5, 0.6) is 0 Å². The fraction of sp³-hybridized carbons (Fsp3) is 0.0426. The Labute approximate surface area is 295 Å². The molecule has 0 unspecified atom stereocenters. The Balaban J connectivity index is 1.12. The van der Waals surface area contributed by atoms with Gasteiger partial charge in [-0.15, -0.1) is 0 Å². The van der Waals surface area contributed by atoms with Crippen molar-refractivity contribution < 1.29 is 4.42 Å². The van der Waals surface area contributed by atoms with Crippen molar-refractivity contribution in [2.45, 2.75) is 12.8 Å². The van der Waals surface area contributed by atoms with Crippen LogP contribution in [0.15, 0.2) is 168 Å². The van der Waals surface area contributed by atoms with Crippen molar-refractivity contribution in [2.24, 2.45) is 0 Å². The normalized spacial score (nSPS) is 12.7. The topological polar surface area (TPSA) is 51.8 Å². The van der Waals surface area contributed by atoms with Gasteiger partial charge in [0.2, 0.25) is 0 Å². The maximum absolute atomic E-state index is 6.76. The molecule has 0 saturated carbocycles. The van der Waals surface area contributed by atoms with E-state index in [1.54, 1.807) is 0 Å². The van der Waals surface area contributed by atoms with Crippen LogP contribution in [0, 0.1) is 0 Å². The predicted molar refractivity (Wildman–Crippen MR) is 208 cm³/mol. The number of fused-ring (bicyclic) bond motifs is 5. The third kappa shape index (κ3) is 5.20. The summed E-state index contributed by atoms with van der Waals surface area (Å²) in [7, 11) is 0. The van der Waals surface area contributed by atoms with E-state index in [9.17, 15) is 0 Å². The molecule has 9 aromatic rings. The van der Waals surface area contributed by atoms with Gasteiger partial charge in [0.05, 0.1) is 0 Å². The molecule has 0 aliphatic heterocycles. The van der Waals surface area contributed by atoms with Gasteiger partial charge in [-0.3, -0.25) is 0 Å². The Kier molecular flexibility index (Phi) is 6.91. The summed E-state index contributed by atoms with van der Waals surface area (Å²) in [5, 5.41) is 5.73. The Morgan fingerprint density at radius 2 is 0.980 bits per heavy atom. The summed E-state index contributed by atoms with van der Waals surface area (Å²) in [6.45, 7) is 0. The molecule has 4 nitrogen and oxygen atoms in total. The molecule has 1 aliphatic rings. The number of furan rings is 1. The van der Waals surface area contributed by atoms with Gasteiger partial charge in [-0.2, -0.15) is 0 Å². The molecular weight excluding hydrogens is 623 g/mol. The van der Waals surface area contributed by atoms with Crippen molar-refractivity contribution in [3.8, 4) is 45.0 Å². The third-order valence-electron chi connectivity index (χ3n) is 9.97. The number of hydrogen-bond donors (Lipinski definition) is 0. The van der Waals surface area contributed by atoms with Crippen LogP contribution in [0.25, 0.3) is 83.1 Å². The van der Waals surface area contributed by atoms with E-state index in [4.69, 9.17) is 19.4 Å². The highest BCUT2D eigenvalue weighted by Crippen LogP contribution is 2.42. The minimum atomic E-state index is 0.647. The van der Waals surface area contributed by atoms with Gasteiger partial charge in [0.1, 0.15) is 11.3 Å². The van der Waals surface area contributed by atoms with Crippen LogP contribution >= 0.6 is 0 Å². The van der Waals surface area contributed by atoms with Gasteiger partial charge in [-0.25, -0.2) is 15.0 Å². The summed E-state index contributed by atoms with van der Waals surface area (Å²) >= 11 is 0. The molecule has 2 heterocycles. The van der Waals surface area contributed by atoms with E-state index < -0.39 is 0 Å². The lowest BCUT2D eigenvalue weighted by Gasteiger charge is -2.15. The van der Waals surface area contributed by atoms with Gasteiger partial charge >= 0.3 is 0 Å². The van der Waals surface area contributed by atoms with Gasteiger partial charge in [0.15, 0.2) is 17.5 Å². The van der Waals surface area contributed by atoms with Gasteiger partial charge in [0, 0.05) is 39.6 Å². The van der Waals surface area contributed by atoms with Crippen molar-refractivity contribution in [3.63, 3.8) is 0 Å². The number of para-hydroxylation sites is 1. The highest BCUT2D eigenvalue weighted by Gasteiger charge is 2.26. The number of rotatable bonds is 5. The van der Waals surface area contributed by atoms with Gasteiger partial charge in [0.25, 0.3) is 0 Å². The fourth-order valence-electron chi connectivity index (χ4n) is 7.40. The number of allylic oxidation sites excluding steroid dienone is 1. The number of aryl methyl sites for hydroxylation is 1. The zero-order valence-electron chi connectivity index (χ0n) is 27.8. The minimum absolute atomic E-state index is 0.647. The summed E-state index contributed by atoms with van der Waals surface area (Å²) in [4.78, 5) is 15.5. The van der Waals surface area contributed by atoms with Crippen LogP contribution < -0.4 is 0 Å². The summed E-state index contributed by atoms with van der Waals surface area (Å²) in [5.74, 6) is 2.91. The molecule has 0 spiro atoms. The van der Waals surface area contributed by atoms with Gasteiger partial charge < -0.3 is 4.42 Å². The maximum atomic E-state index is 6.76. The number of hydrogen-bond acceptors (Lipinski definition) is 4. The highest BCUT2D eigenvalue weighted by atomic mass is 16.3. The molecule has 0 fully saturated rings. The molecule has 1 aliphatic carbocycles. The Bertz CT molecular complexity index is 2700. The molecule has 0 N–H and O–H groups in total. The monoisotopic (exact) mass is 653 g/mol. The molecule has 240 valence electrons. The molecule has 51 heavy (non-hydrogen) atoms. The lowest BCUT2D eigenvalue weighted by Crippen LogP contribution is -2.06. The molecule has 4 heteroatoms. The SMILES string of the molecule is C1=C(c2nc(-c3ccc4ccccc4c3)nc(-c3ccc4ccccc4c3)n2)c2c(oc3c(-c4ccc(-c5ccccc5)cc4)cccc23)CC1. The molecule has 0 amide bonds. The number of nitrogens with zero attached hydrogens (tertiary/aromatic N) is 3. The van der Waals surface area contributed by atoms with E-state index in [1.165, 1.54) is 21.9 Å². The first-order chi connectivity index (χ1) is 25.2. The van der Waals surface area contributed by atoms with E-state index in [2.05, 4.69) is 158 Å². The zero-order chi connectivity index (χ0) is 33.7. The van der Waals surface area contributed by atoms with Crippen molar-refractivity contribution in [2.75, 3.05) is 0 Å². The second-order valence-electron chi connectivity index (χ2n) is 13.1. The molecule has 10 rings (SSSR count). The van der Waals surface area contributed by atoms with E-state index in [-0.39, 0.29) is 0 Å². The Hall–Kier alpha value is -6.65. The van der Waals surface area contributed by atoms with Crippen molar-refractivity contribution >= 4 is 38.1 Å². The zero-order valence-corrected chi connectivity index (χ0v) is 27.8. The second-order valence-corrected chi connectivity index (χ2v) is 13.1. The van der Waals surface area contributed by atoms with E-state index in [1.807, 2.05) is 6.07 Å². The lowest BCUT2D eigenvalue weighted by molar-refractivity contribution is 0.546. The number of benzene rings is 7.